The van der Waals surface area contributed by atoms with E-state index in [-0.39, 0.29) is 6.04 Å². The highest BCUT2D eigenvalue weighted by Gasteiger charge is 2.19. The summed E-state index contributed by atoms with van der Waals surface area (Å²) >= 11 is 0. The second-order valence-corrected chi connectivity index (χ2v) is 5.58. The van der Waals surface area contributed by atoms with E-state index in [1.165, 1.54) is 0 Å². The molecule has 0 spiro atoms. The van der Waals surface area contributed by atoms with Gasteiger partial charge in [-0.25, -0.2) is 9.78 Å². The largest absolute Gasteiger partial charge is 0.444 e. The van der Waals surface area contributed by atoms with Gasteiger partial charge in [0.25, 0.3) is 0 Å². The van der Waals surface area contributed by atoms with Gasteiger partial charge in [0.05, 0.1) is 30.9 Å². The van der Waals surface area contributed by atoms with E-state index in [0.717, 1.165) is 5.69 Å². The number of nitrogens with one attached hydrogen (secondary N) is 1. The zero-order valence-electron chi connectivity index (χ0n) is 13.0. The summed E-state index contributed by atoms with van der Waals surface area (Å²) in [5.41, 5.74) is 0.425. The van der Waals surface area contributed by atoms with E-state index in [1.807, 2.05) is 39.2 Å². The van der Waals surface area contributed by atoms with Crippen molar-refractivity contribution in [1.82, 2.24) is 14.9 Å². The Morgan fingerprint density at radius 2 is 2.20 bits per heavy atom. The number of rotatable bonds is 6. The van der Waals surface area contributed by atoms with Crippen LogP contribution in [0.25, 0.3) is 0 Å². The Morgan fingerprint density at radius 3 is 2.80 bits per heavy atom. The lowest BCUT2D eigenvalue weighted by Gasteiger charge is -2.22. The molecule has 20 heavy (non-hydrogen) atoms. The van der Waals surface area contributed by atoms with Crippen LogP contribution in [-0.4, -0.2) is 34.5 Å². The van der Waals surface area contributed by atoms with E-state index >= 15 is 0 Å². The third-order valence-corrected chi connectivity index (χ3v) is 2.60. The van der Waals surface area contributed by atoms with Crippen LogP contribution in [0.1, 0.15) is 46.4 Å². The smallest absolute Gasteiger partial charge is 0.408 e. The fraction of sp³-hybridized carbons (Fsp3) is 0.714. The van der Waals surface area contributed by atoms with Gasteiger partial charge in [0, 0.05) is 13.2 Å². The van der Waals surface area contributed by atoms with Crippen LogP contribution in [0.15, 0.2) is 12.5 Å². The third-order valence-electron chi connectivity index (χ3n) is 2.60. The summed E-state index contributed by atoms with van der Waals surface area (Å²) in [6.07, 6.45) is 3.05. The number of amides is 1. The molecule has 1 heterocycles. The molecule has 1 rings (SSSR count). The molecule has 0 unspecified atom stereocenters. The fourth-order valence-electron chi connectivity index (χ4n) is 1.74. The summed E-state index contributed by atoms with van der Waals surface area (Å²) in [5.74, 6) is 0. The Labute approximate surface area is 120 Å². The maximum absolute atomic E-state index is 11.7. The molecule has 6 nitrogen and oxygen atoms in total. The van der Waals surface area contributed by atoms with Gasteiger partial charge in [-0.15, -0.1) is 0 Å². The zero-order valence-corrected chi connectivity index (χ0v) is 13.0. The van der Waals surface area contributed by atoms with Crippen molar-refractivity contribution >= 4 is 6.09 Å². The average molecular weight is 283 g/mol. The molecule has 1 atom stereocenters. The molecule has 1 amide bonds. The van der Waals surface area contributed by atoms with Crippen LogP contribution < -0.4 is 5.32 Å². The Morgan fingerprint density at radius 1 is 1.50 bits per heavy atom. The maximum atomic E-state index is 11.7. The summed E-state index contributed by atoms with van der Waals surface area (Å²) in [4.78, 5) is 15.9. The van der Waals surface area contributed by atoms with Gasteiger partial charge in [0.1, 0.15) is 5.60 Å². The van der Waals surface area contributed by atoms with Gasteiger partial charge in [-0.05, 0) is 34.6 Å². The number of hydrogen-bond acceptors (Lipinski definition) is 4. The van der Waals surface area contributed by atoms with Crippen molar-refractivity contribution in [3.05, 3.63) is 18.2 Å². The van der Waals surface area contributed by atoms with Crippen molar-refractivity contribution in [2.24, 2.45) is 0 Å². The van der Waals surface area contributed by atoms with Crippen molar-refractivity contribution < 1.29 is 14.3 Å². The van der Waals surface area contributed by atoms with E-state index in [1.54, 1.807) is 12.5 Å². The average Bonchev–Trinajstić information content (AvgIpc) is 2.75. The summed E-state index contributed by atoms with van der Waals surface area (Å²) in [7, 11) is 0. The Balaban J connectivity index is 2.57. The topological polar surface area (TPSA) is 65.4 Å². The number of ether oxygens (including phenoxy) is 2. The molecule has 0 aromatic carbocycles. The standard InChI is InChI=1S/C14H25N3O3/c1-6-19-8-7-17-10-15-9-12(17)11(2)16-13(18)20-14(3,4)5/h9-11H,6-8H2,1-5H3,(H,16,18)/t11-/m1/s1. The van der Waals surface area contributed by atoms with Crippen LogP contribution in [0.5, 0.6) is 0 Å². The molecule has 0 bridgehead atoms. The number of aromatic nitrogens is 2. The Kier molecular flexibility index (Phi) is 6.01. The van der Waals surface area contributed by atoms with Crippen molar-refractivity contribution in [3.63, 3.8) is 0 Å². The summed E-state index contributed by atoms with van der Waals surface area (Å²) in [5, 5.41) is 2.81. The van der Waals surface area contributed by atoms with E-state index in [0.29, 0.717) is 19.8 Å². The van der Waals surface area contributed by atoms with Crippen LogP contribution in [0.3, 0.4) is 0 Å². The summed E-state index contributed by atoms with van der Waals surface area (Å²) < 4.78 is 12.5. The molecule has 114 valence electrons. The van der Waals surface area contributed by atoms with E-state index in [9.17, 15) is 4.79 Å². The molecule has 0 aliphatic rings. The summed E-state index contributed by atoms with van der Waals surface area (Å²) in [6, 6.07) is -0.172. The molecule has 0 saturated heterocycles. The van der Waals surface area contributed by atoms with Gasteiger partial charge >= 0.3 is 6.09 Å². The predicted molar refractivity (Wildman–Crippen MR) is 76.5 cm³/mol. The Bertz CT molecular complexity index is 424. The first-order valence-electron chi connectivity index (χ1n) is 6.90. The normalized spacial score (nSPS) is 13.1. The predicted octanol–water partition coefficient (Wildman–Crippen LogP) is 2.51. The Hall–Kier alpha value is -1.56. The number of hydrogen-bond donors (Lipinski definition) is 1. The molecule has 6 heteroatoms. The third kappa shape index (κ3) is 5.61. The van der Waals surface area contributed by atoms with Crippen LogP contribution in [0.4, 0.5) is 4.79 Å². The SMILES string of the molecule is CCOCCn1cncc1[C@@H](C)NC(=O)OC(C)(C)C. The lowest BCUT2D eigenvalue weighted by molar-refractivity contribution is 0.0506. The highest BCUT2D eigenvalue weighted by molar-refractivity contribution is 5.68. The molecule has 1 N–H and O–H groups in total. The van der Waals surface area contributed by atoms with Crippen LogP contribution in [0, 0.1) is 0 Å². The molecular formula is C14H25N3O3. The second kappa shape index (κ2) is 7.28. The molecule has 1 aromatic rings. The molecule has 0 fully saturated rings. The minimum Gasteiger partial charge on any atom is -0.444 e. The van der Waals surface area contributed by atoms with Crippen molar-refractivity contribution in [1.29, 1.82) is 0 Å². The number of alkyl carbamates (subject to hydrolysis) is 1. The van der Waals surface area contributed by atoms with Gasteiger partial charge in [-0.3, -0.25) is 0 Å². The molecule has 1 aromatic heterocycles. The highest BCUT2D eigenvalue weighted by atomic mass is 16.6. The lowest BCUT2D eigenvalue weighted by atomic mass is 10.2. The molecule has 0 saturated carbocycles. The van der Waals surface area contributed by atoms with E-state index in [2.05, 4.69) is 10.3 Å². The van der Waals surface area contributed by atoms with Gasteiger partial charge in [-0.2, -0.15) is 0 Å². The van der Waals surface area contributed by atoms with Crippen molar-refractivity contribution in [2.75, 3.05) is 13.2 Å². The highest BCUT2D eigenvalue weighted by Crippen LogP contribution is 2.13. The first-order chi connectivity index (χ1) is 9.33. The monoisotopic (exact) mass is 283 g/mol. The van der Waals surface area contributed by atoms with E-state index in [4.69, 9.17) is 9.47 Å². The van der Waals surface area contributed by atoms with Crippen LogP contribution in [-0.2, 0) is 16.0 Å². The van der Waals surface area contributed by atoms with Gasteiger partial charge < -0.3 is 19.4 Å². The number of imidazole rings is 1. The molecule has 0 aliphatic carbocycles. The van der Waals surface area contributed by atoms with Gasteiger partial charge in [0.15, 0.2) is 0 Å². The van der Waals surface area contributed by atoms with Crippen LogP contribution >= 0.6 is 0 Å². The maximum Gasteiger partial charge on any atom is 0.408 e. The van der Waals surface area contributed by atoms with Crippen molar-refractivity contribution in [2.45, 2.75) is 52.8 Å². The van der Waals surface area contributed by atoms with E-state index < -0.39 is 11.7 Å². The number of carbonyl (C=O) groups excluding carboxylic acids is 1. The van der Waals surface area contributed by atoms with Crippen LogP contribution in [0.2, 0.25) is 0 Å². The lowest BCUT2D eigenvalue weighted by Crippen LogP contribution is -2.34. The number of nitrogens with zero attached hydrogens (tertiary/aromatic N) is 2. The minimum absolute atomic E-state index is 0.172. The molecule has 0 radical (unpaired) electrons. The first-order valence-corrected chi connectivity index (χ1v) is 6.90. The van der Waals surface area contributed by atoms with Crippen molar-refractivity contribution in [3.8, 4) is 0 Å². The minimum atomic E-state index is -0.501. The first kappa shape index (κ1) is 16.5. The second-order valence-electron chi connectivity index (χ2n) is 5.58. The quantitative estimate of drug-likeness (QED) is 0.815. The summed E-state index contributed by atoms with van der Waals surface area (Å²) in [6.45, 7) is 11.4. The fourth-order valence-corrected chi connectivity index (χ4v) is 1.74. The van der Waals surface area contributed by atoms with Gasteiger partial charge in [0.2, 0.25) is 0 Å². The molecule has 0 aliphatic heterocycles. The number of carbonyl (C=O) groups is 1. The zero-order chi connectivity index (χ0) is 15.2. The van der Waals surface area contributed by atoms with Gasteiger partial charge in [-0.1, -0.05) is 0 Å². The molecular weight excluding hydrogens is 258 g/mol.